The number of nitrogens with zero attached hydrogens (tertiary/aromatic N) is 1. The van der Waals surface area contributed by atoms with Crippen molar-refractivity contribution in [3.8, 4) is 0 Å². The molecule has 0 aliphatic rings. The Hall–Kier alpha value is -1.64. The molecule has 0 amide bonds. The van der Waals surface area contributed by atoms with Crippen LogP contribution in [0.4, 0.5) is 17.1 Å². The fourth-order valence-corrected chi connectivity index (χ4v) is 1.67. The van der Waals surface area contributed by atoms with Crippen LogP contribution in [0.5, 0.6) is 0 Å². The molecule has 3 heteroatoms. The lowest BCUT2D eigenvalue weighted by Gasteiger charge is -2.22. The van der Waals surface area contributed by atoms with E-state index in [1.54, 1.807) is 0 Å². The molecule has 0 aliphatic heterocycles. The summed E-state index contributed by atoms with van der Waals surface area (Å²) in [5.74, 6) is 0. The minimum atomic E-state index is 0.749. The van der Waals surface area contributed by atoms with E-state index in [1.807, 2.05) is 19.1 Å². The van der Waals surface area contributed by atoms with Gasteiger partial charge in [-0.15, -0.1) is 0 Å². The number of nitrogens with two attached hydrogens (primary N) is 1. The Morgan fingerprint density at radius 1 is 1.38 bits per heavy atom. The molecule has 3 N–H and O–H groups in total. The van der Waals surface area contributed by atoms with E-state index in [9.17, 15) is 0 Å². The molecule has 0 atom stereocenters. The summed E-state index contributed by atoms with van der Waals surface area (Å²) in [6, 6.07) is 6.04. The molecule has 0 saturated carbocycles. The van der Waals surface area contributed by atoms with Gasteiger partial charge in [0.25, 0.3) is 0 Å². The predicted octanol–water partition coefficient (Wildman–Crippen LogP) is 3.06. The Balaban J connectivity index is 3.01. The zero-order chi connectivity index (χ0) is 12.1. The SMILES string of the molecule is C=C(C)Nc1cc(N(CC)CC)ccc1N. The Kier molecular flexibility index (Phi) is 4.23. The van der Waals surface area contributed by atoms with Gasteiger partial charge in [-0.3, -0.25) is 0 Å². The number of allylic oxidation sites excluding steroid dienone is 1. The molecular formula is C13H21N3. The maximum atomic E-state index is 5.90. The van der Waals surface area contributed by atoms with Crippen molar-refractivity contribution < 1.29 is 0 Å². The van der Waals surface area contributed by atoms with Crippen molar-refractivity contribution in [1.82, 2.24) is 0 Å². The van der Waals surface area contributed by atoms with Crippen LogP contribution in [-0.4, -0.2) is 13.1 Å². The standard InChI is InChI=1S/C13H21N3/c1-5-16(6-2)11-7-8-12(14)13(9-11)15-10(3)4/h7-9,15H,3,5-6,14H2,1-2,4H3. The van der Waals surface area contributed by atoms with E-state index in [2.05, 4.69) is 36.7 Å². The van der Waals surface area contributed by atoms with Crippen molar-refractivity contribution >= 4 is 17.1 Å². The molecule has 0 aromatic heterocycles. The summed E-state index contributed by atoms with van der Waals surface area (Å²) in [6.07, 6.45) is 0. The number of nitrogens with one attached hydrogen (secondary N) is 1. The van der Waals surface area contributed by atoms with Crippen LogP contribution in [0, 0.1) is 0 Å². The first-order valence-electron chi connectivity index (χ1n) is 5.65. The van der Waals surface area contributed by atoms with E-state index in [1.165, 1.54) is 5.69 Å². The first kappa shape index (κ1) is 12.4. The fraction of sp³-hybridized carbons (Fsp3) is 0.385. The van der Waals surface area contributed by atoms with Crippen molar-refractivity contribution in [2.45, 2.75) is 20.8 Å². The molecule has 1 rings (SSSR count). The van der Waals surface area contributed by atoms with Crippen LogP contribution < -0.4 is 16.0 Å². The number of benzene rings is 1. The minimum Gasteiger partial charge on any atom is -0.397 e. The van der Waals surface area contributed by atoms with Gasteiger partial charge in [-0.05, 0) is 39.0 Å². The van der Waals surface area contributed by atoms with Crippen LogP contribution in [0.3, 0.4) is 0 Å². The second kappa shape index (κ2) is 5.45. The molecule has 1 aromatic carbocycles. The van der Waals surface area contributed by atoms with Gasteiger partial charge < -0.3 is 16.0 Å². The Morgan fingerprint density at radius 3 is 2.50 bits per heavy atom. The van der Waals surface area contributed by atoms with Crippen LogP contribution in [0.25, 0.3) is 0 Å². The maximum absolute atomic E-state index is 5.90. The van der Waals surface area contributed by atoms with E-state index >= 15 is 0 Å². The number of rotatable bonds is 5. The van der Waals surface area contributed by atoms with Crippen LogP contribution >= 0.6 is 0 Å². The van der Waals surface area contributed by atoms with Gasteiger partial charge in [0.15, 0.2) is 0 Å². The summed E-state index contributed by atoms with van der Waals surface area (Å²) >= 11 is 0. The molecule has 88 valence electrons. The van der Waals surface area contributed by atoms with E-state index in [0.29, 0.717) is 0 Å². The molecule has 0 heterocycles. The first-order chi connectivity index (χ1) is 7.58. The lowest BCUT2D eigenvalue weighted by atomic mass is 10.2. The van der Waals surface area contributed by atoms with Gasteiger partial charge in [-0.25, -0.2) is 0 Å². The van der Waals surface area contributed by atoms with Crippen molar-refractivity contribution in [2.75, 3.05) is 29.0 Å². The zero-order valence-corrected chi connectivity index (χ0v) is 10.4. The zero-order valence-electron chi connectivity index (χ0n) is 10.4. The summed E-state index contributed by atoms with van der Waals surface area (Å²) in [5.41, 5.74) is 9.65. The average Bonchev–Trinajstić information content (AvgIpc) is 2.23. The predicted molar refractivity (Wildman–Crippen MR) is 72.9 cm³/mol. The van der Waals surface area contributed by atoms with Crippen LogP contribution in [0.15, 0.2) is 30.5 Å². The fourth-order valence-electron chi connectivity index (χ4n) is 1.67. The van der Waals surface area contributed by atoms with Crippen molar-refractivity contribution in [3.05, 3.63) is 30.5 Å². The summed E-state index contributed by atoms with van der Waals surface area (Å²) in [4.78, 5) is 2.28. The third-order valence-corrected chi connectivity index (χ3v) is 2.51. The molecular weight excluding hydrogens is 198 g/mol. The highest BCUT2D eigenvalue weighted by molar-refractivity contribution is 5.73. The Morgan fingerprint density at radius 2 is 2.00 bits per heavy atom. The van der Waals surface area contributed by atoms with Gasteiger partial charge in [-0.2, -0.15) is 0 Å². The molecule has 3 nitrogen and oxygen atoms in total. The highest BCUT2D eigenvalue weighted by Crippen LogP contribution is 2.26. The number of anilines is 3. The van der Waals surface area contributed by atoms with Gasteiger partial charge in [0.2, 0.25) is 0 Å². The van der Waals surface area contributed by atoms with Gasteiger partial charge in [-0.1, -0.05) is 6.58 Å². The first-order valence-corrected chi connectivity index (χ1v) is 5.65. The lowest BCUT2D eigenvalue weighted by molar-refractivity contribution is 0.866. The molecule has 0 saturated heterocycles. The second-order valence-electron chi connectivity index (χ2n) is 3.85. The Bertz CT molecular complexity index is 367. The van der Waals surface area contributed by atoms with E-state index in [4.69, 9.17) is 5.73 Å². The smallest absolute Gasteiger partial charge is 0.0636 e. The maximum Gasteiger partial charge on any atom is 0.0636 e. The normalized spacial score (nSPS) is 9.94. The van der Waals surface area contributed by atoms with Crippen molar-refractivity contribution in [3.63, 3.8) is 0 Å². The van der Waals surface area contributed by atoms with Crippen molar-refractivity contribution in [2.24, 2.45) is 0 Å². The molecule has 0 radical (unpaired) electrons. The number of hydrogen-bond acceptors (Lipinski definition) is 3. The molecule has 0 spiro atoms. The molecule has 0 bridgehead atoms. The largest absolute Gasteiger partial charge is 0.397 e. The van der Waals surface area contributed by atoms with Crippen molar-refractivity contribution in [1.29, 1.82) is 0 Å². The molecule has 16 heavy (non-hydrogen) atoms. The van der Waals surface area contributed by atoms with Gasteiger partial charge in [0.1, 0.15) is 0 Å². The van der Waals surface area contributed by atoms with E-state index in [-0.39, 0.29) is 0 Å². The van der Waals surface area contributed by atoms with E-state index in [0.717, 1.165) is 30.2 Å². The molecule has 0 fully saturated rings. The summed E-state index contributed by atoms with van der Waals surface area (Å²) in [6.45, 7) is 12.0. The number of nitrogen functional groups attached to an aromatic ring is 1. The van der Waals surface area contributed by atoms with Crippen LogP contribution in [-0.2, 0) is 0 Å². The van der Waals surface area contributed by atoms with Crippen LogP contribution in [0.2, 0.25) is 0 Å². The average molecular weight is 219 g/mol. The number of hydrogen-bond donors (Lipinski definition) is 2. The van der Waals surface area contributed by atoms with Gasteiger partial charge in [0, 0.05) is 24.5 Å². The summed E-state index contributed by atoms with van der Waals surface area (Å²) < 4.78 is 0. The second-order valence-corrected chi connectivity index (χ2v) is 3.85. The van der Waals surface area contributed by atoms with E-state index < -0.39 is 0 Å². The molecule has 0 aliphatic carbocycles. The summed E-state index contributed by atoms with van der Waals surface area (Å²) in [5, 5.41) is 3.17. The molecule has 0 unspecified atom stereocenters. The third kappa shape index (κ3) is 2.92. The topological polar surface area (TPSA) is 41.3 Å². The monoisotopic (exact) mass is 219 g/mol. The lowest BCUT2D eigenvalue weighted by Crippen LogP contribution is -2.21. The van der Waals surface area contributed by atoms with Gasteiger partial charge >= 0.3 is 0 Å². The highest BCUT2D eigenvalue weighted by atomic mass is 15.1. The minimum absolute atomic E-state index is 0.749. The Labute approximate surface area is 97.9 Å². The third-order valence-electron chi connectivity index (χ3n) is 2.51. The van der Waals surface area contributed by atoms with Crippen LogP contribution in [0.1, 0.15) is 20.8 Å². The van der Waals surface area contributed by atoms with Gasteiger partial charge in [0.05, 0.1) is 11.4 Å². The molecule has 1 aromatic rings. The quantitative estimate of drug-likeness (QED) is 0.748. The summed E-state index contributed by atoms with van der Waals surface area (Å²) in [7, 11) is 0. The highest BCUT2D eigenvalue weighted by Gasteiger charge is 2.05.